The first-order valence-corrected chi connectivity index (χ1v) is 11.5. The van der Waals surface area contributed by atoms with Gasteiger partial charge in [0.15, 0.2) is 0 Å². The Morgan fingerprint density at radius 1 is 1.12 bits per heavy atom. The molecule has 6 nitrogen and oxygen atoms in total. The lowest BCUT2D eigenvalue weighted by molar-refractivity contribution is -0.129. The predicted octanol–water partition coefficient (Wildman–Crippen LogP) is 5.16. The van der Waals surface area contributed by atoms with Crippen LogP contribution in [0.15, 0.2) is 60.4 Å². The number of hydrogen-bond acceptors (Lipinski definition) is 5. The lowest BCUT2D eigenvalue weighted by Gasteiger charge is -2.23. The molecule has 0 saturated heterocycles. The first-order valence-electron chi connectivity index (χ1n) is 10.6. The van der Waals surface area contributed by atoms with Crippen molar-refractivity contribution in [2.24, 2.45) is 0 Å². The Balaban J connectivity index is 1.59. The molecule has 8 heteroatoms. The summed E-state index contributed by atoms with van der Waals surface area (Å²) in [4.78, 5) is 23.2. The fourth-order valence-electron chi connectivity index (χ4n) is 3.55. The molecule has 0 atom stereocenters. The van der Waals surface area contributed by atoms with Crippen LogP contribution in [-0.2, 0) is 23.3 Å². The van der Waals surface area contributed by atoms with Crippen LogP contribution in [-0.4, -0.2) is 37.6 Å². The molecule has 1 aromatic carbocycles. The smallest absolute Gasteiger partial charge is 0.228 e. The average molecular weight is 464 g/mol. The lowest BCUT2D eigenvalue weighted by Crippen LogP contribution is -2.27. The number of nitrogens with zero attached hydrogens (tertiary/aromatic N) is 5. The number of thiazole rings is 1. The van der Waals surface area contributed by atoms with Crippen molar-refractivity contribution >= 4 is 17.2 Å². The SMILES string of the molecule is CN(Cc1ccncc1)C(=O)Cc1csc(-c2cnn(C(C)(C)C)c2-c2ccc(F)cc2)n1. The van der Waals surface area contributed by atoms with Gasteiger partial charge in [0.1, 0.15) is 10.8 Å². The summed E-state index contributed by atoms with van der Waals surface area (Å²) >= 11 is 1.48. The fourth-order valence-corrected chi connectivity index (χ4v) is 4.38. The highest BCUT2D eigenvalue weighted by Gasteiger charge is 2.24. The van der Waals surface area contributed by atoms with Crippen molar-refractivity contribution < 1.29 is 9.18 Å². The summed E-state index contributed by atoms with van der Waals surface area (Å²) in [6.07, 6.45) is 5.45. The van der Waals surface area contributed by atoms with Crippen molar-refractivity contribution in [2.45, 2.75) is 39.3 Å². The second kappa shape index (κ2) is 9.23. The van der Waals surface area contributed by atoms with Crippen LogP contribution < -0.4 is 0 Å². The first kappa shape index (κ1) is 22.8. The summed E-state index contributed by atoms with van der Waals surface area (Å²) in [7, 11) is 1.79. The van der Waals surface area contributed by atoms with E-state index in [0.29, 0.717) is 6.54 Å². The molecule has 0 N–H and O–H groups in total. The third-order valence-electron chi connectivity index (χ3n) is 5.23. The van der Waals surface area contributed by atoms with Gasteiger partial charge in [-0.05, 0) is 62.7 Å². The van der Waals surface area contributed by atoms with Crippen molar-refractivity contribution in [1.82, 2.24) is 24.6 Å². The zero-order valence-corrected chi connectivity index (χ0v) is 19.9. The van der Waals surface area contributed by atoms with Crippen molar-refractivity contribution in [3.63, 3.8) is 0 Å². The third-order valence-corrected chi connectivity index (χ3v) is 6.16. The number of amides is 1. The van der Waals surface area contributed by atoms with E-state index in [1.54, 1.807) is 42.7 Å². The topological polar surface area (TPSA) is 63.9 Å². The molecule has 4 rings (SSSR count). The van der Waals surface area contributed by atoms with Crippen LogP contribution in [0.3, 0.4) is 0 Å². The van der Waals surface area contributed by atoms with Crippen LogP contribution in [0, 0.1) is 5.82 Å². The first-order chi connectivity index (χ1) is 15.7. The van der Waals surface area contributed by atoms with Gasteiger partial charge in [0.2, 0.25) is 5.91 Å². The number of pyridine rings is 1. The van der Waals surface area contributed by atoms with E-state index in [0.717, 1.165) is 33.1 Å². The number of halogens is 1. The number of rotatable bonds is 6. The van der Waals surface area contributed by atoms with Gasteiger partial charge in [-0.3, -0.25) is 14.5 Å². The molecule has 0 unspecified atom stereocenters. The molecule has 0 aliphatic rings. The van der Waals surface area contributed by atoms with Gasteiger partial charge in [0.05, 0.1) is 35.1 Å². The van der Waals surface area contributed by atoms with Crippen LogP contribution in [0.25, 0.3) is 21.8 Å². The molecule has 4 aromatic rings. The summed E-state index contributed by atoms with van der Waals surface area (Å²) in [6.45, 7) is 6.73. The molecular formula is C25H26FN5OS. The third kappa shape index (κ3) is 5.17. The van der Waals surface area contributed by atoms with E-state index in [2.05, 4.69) is 30.9 Å². The Morgan fingerprint density at radius 2 is 1.82 bits per heavy atom. The molecule has 0 bridgehead atoms. The van der Waals surface area contributed by atoms with Crippen LogP contribution in [0.1, 0.15) is 32.0 Å². The molecule has 0 radical (unpaired) electrons. The number of benzene rings is 1. The second-order valence-electron chi connectivity index (χ2n) is 8.92. The van der Waals surface area contributed by atoms with E-state index in [1.165, 1.54) is 23.5 Å². The van der Waals surface area contributed by atoms with Crippen molar-refractivity contribution in [2.75, 3.05) is 7.05 Å². The maximum absolute atomic E-state index is 13.5. The molecule has 0 saturated carbocycles. The summed E-state index contributed by atoms with van der Waals surface area (Å²) in [5.74, 6) is -0.291. The average Bonchev–Trinajstić information content (AvgIpc) is 3.42. The van der Waals surface area contributed by atoms with Gasteiger partial charge >= 0.3 is 0 Å². The van der Waals surface area contributed by atoms with E-state index in [-0.39, 0.29) is 23.7 Å². The summed E-state index contributed by atoms with van der Waals surface area (Å²) in [6, 6.07) is 10.2. The molecule has 0 aliphatic heterocycles. The molecule has 0 fully saturated rings. The number of carbonyl (C=O) groups is 1. The Labute approximate surface area is 196 Å². The van der Waals surface area contributed by atoms with Gasteiger partial charge in [-0.1, -0.05) is 0 Å². The van der Waals surface area contributed by atoms with E-state index in [1.807, 2.05) is 22.2 Å². The monoisotopic (exact) mass is 463 g/mol. The number of likely N-dealkylation sites (N-methyl/N-ethyl adjacent to an activating group) is 1. The summed E-state index contributed by atoms with van der Waals surface area (Å²) in [5, 5.41) is 7.31. The minimum Gasteiger partial charge on any atom is -0.341 e. The lowest BCUT2D eigenvalue weighted by atomic mass is 10.0. The Hall–Kier alpha value is -3.39. The fraction of sp³-hybridized carbons (Fsp3) is 0.280. The van der Waals surface area contributed by atoms with Gasteiger partial charge in [-0.25, -0.2) is 9.37 Å². The Morgan fingerprint density at radius 3 is 2.48 bits per heavy atom. The normalized spacial score (nSPS) is 11.5. The highest BCUT2D eigenvalue weighted by Crippen LogP contribution is 2.36. The molecule has 0 spiro atoms. The number of aromatic nitrogens is 4. The number of hydrogen-bond donors (Lipinski definition) is 0. The van der Waals surface area contributed by atoms with Gasteiger partial charge in [-0.2, -0.15) is 5.10 Å². The highest BCUT2D eigenvalue weighted by atomic mass is 32.1. The van der Waals surface area contributed by atoms with Crippen molar-refractivity contribution in [3.05, 3.63) is 77.4 Å². The van der Waals surface area contributed by atoms with Gasteiger partial charge in [-0.15, -0.1) is 11.3 Å². The molecule has 3 heterocycles. The quantitative estimate of drug-likeness (QED) is 0.396. The minimum atomic E-state index is -0.284. The highest BCUT2D eigenvalue weighted by molar-refractivity contribution is 7.13. The number of carbonyl (C=O) groups excluding carboxylic acids is 1. The predicted molar refractivity (Wildman–Crippen MR) is 128 cm³/mol. The molecule has 33 heavy (non-hydrogen) atoms. The van der Waals surface area contributed by atoms with Crippen LogP contribution in [0.5, 0.6) is 0 Å². The largest absolute Gasteiger partial charge is 0.341 e. The van der Waals surface area contributed by atoms with Crippen LogP contribution in [0.2, 0.25) is 0 Å². The van der Waals surface area contributed by atoms with Gasteiger partial charge < -0.3 is 4.90 Å². The van der Waals surface area contributed by atoms with Crippen LogP contribution >= 0.6 is 11.3 Å². The van der Waals surface area contributed by atoms with Crippen molar-refractivity contribution in [3.8, 4) is 21.8 Å². The molecule has 0 aliphatic carbocycles. The van der Waals surface area contributed by atoms with E-state index in [9.17, 15) is 9.18 Å². The van der Waals surface area contributed by atoms with E-state index < -0.39 is 0 Å². The maximum Gasteiger partial charge on any atom is 0.228 e. The molecule has 3 aromatic heterocycles. The maximum atomic E-state index is 13.5. The zero-order chi connectivity index (χ0) is 23.6. The van der Waals surface area contributed by atoms with Crippen molar-refractivity contribution in [1.29, 1.82) is 0 Å². The molecular weight excluding hydrogens is 437 g/mol. The molecule has 1 amide bonds. The summed E-state index contributed by atoms with van der Waals surface area (Å²) < 4.78 is 15.5. The standard InChI is InChI=1S/C25H26FN5OS/c1-25(2,3)31-23(18-5-7-19(26)8-6-18)21(14-28-31)24-29-20(16-33-24)13-22(32)30(4)15-17-9-11-27-12-10-17/h5-12,14,16H,13,15H2,1-4H3. The van der Waals surface area contributed by atoms with E-state index in [4.69, 9.17) is 4.98 Å². The van der Waals surface area contributed by atoms with E-state index >= 15 is 0 Å². The zero-order valence-electron chi connectivity index (χ0n) is 19.1. The second-order valence-corrected chi connectivity index (χ2v) is 9.78. The van der Waals surface area contributed by atoms with Gasteiger partial charge in [0, 0.05) is 36.9 Å². The Bertz CT molecular complexity index is 1240. The van der Waals surface area contributed by atoms with Crippen LogP contribution in [0.4, 0.5) is 4.39 Å². The summed E-state index contributed by atoms with van der Waals surface area (Å²) in [5.41, 5.74) is 4.08. The minimum absolute atomic E-state index is 0.00666. The van der Waals surface area contributed by atoms with Gasteiger partial charge in [0.25, 0.3) is 0 Å². The Kier molecular flexibility index (Phi) is 6.37. The molecule has 170 valence electrons.